The first-order valence-electron chi connectivity index (χ1n) is 7.98. The average Bonchev–Trinajstić information content (AvgIpc) is 3.17. The number of carbonyl (C=O) groups excluding carboxylic acids is 1. The molecule has 1 spiro atoms. The number of aromatic nitrogens is 6. The summed E-state index contributed by atoms with van der Waals surface area (Å²) in [7, 11) is 0. The van der Waals surface area contributed by atoms with Crippen molar-refractivity contribution in [1.82, 2.24) is 35.1 Å². The summed E-state index contributed by atoms with van der Waals surface area (Å²) in [6, 6.07) is 0. The number of carbonyl (C=O) groups is 1. The number of hydrogen-bond donors (Lipinski definition) is 0. The summed E-state index contributed by atoms with van der Waals surface area (Å²) >= 11 is 0. The molecule has 1 amide bonds. The third-order valence-corrected chi connectivity index (χ3v) is 4.98. The summed E-state index contributed by atoms with van der Waals surface area (Å²) in [6.45, 7) is 3.65. The summed E-state index contributed by atoms with van der Waals surface area (Å²) in [5, 5.41) is 10.9. The van der Waals surface area contributed by atoms with Gasteiger partial charge in [0.15, 0.2) is 0 Å². The standard InChI is InChI=1S/C15H19N7O/c1-11-16-7-12-3-5-15(14(12)18-11)4-2-6-21(9-15)13(23)8-22-10-17-19-20-22/h7,10H,2-6,8-9H2,1H3. The van der Waals surface area contributed by atoms with Gasteiger partial charge in [-0.3, -0.25) is 4.79 Å². The SMILES string of the molecule is Cc1ncc2c(n1)C1(CCCN(C(=O)Cn3cnnn3)C1)CC2. The molecule has 3 heterocycles. The molecule has 0 saturated carbocycles. The van der Waals surface area contributed by atoms with Crippen LogP contribution < -0.4 is 0 Å². The average molecular weight is 313 g/mol. The largest absolute Gasteiger partial charge is 0.340 e. The van der Waals surface area contributed by atoms with Gasteiger partial charge in [-0.15, -0.1) is 5.10 Å². The van der Waals surface area contributed by atoms with Gasteiger partial charge in [0.2, 0.25) is 5.91 Å². The third-order valence-electron chi connectivity index (χ3n) is 4.98. The monoisotopic (exact) mass is 313 g/mol. The van der Waals surface area contributed by atoms with Crippen LogP contribution in [0.4, 0.5) is 0 Å². The highest BCUT2D eigenvalue weighted by atomic mass is 16.2. The van der Waals surface area contributed by atoms with Crippen LogP contribution in [-0.4, -0.2) is 54.1 Å². The number of tetrazole rings is 1. The molecular formula is C15H19N7O. The Bertz CT molecular complexity index is 725. The van der Waals surface area contributed by atoms with E-state index in [0.717, 1.165) is 50.3 Å². The van der Waals surface area contributed by atoms with Gasteiger partial charge in [-0.25, -0.2) is 14.6 Å². The van der Waals surface area contributed by atoms with Crippen LogP contribution in [0.5, 0.6) is 0 Å². The molecule has 1 unspecified atom stereocenters. The molecule has 2 aliphatic rings. The highest BCUT2D eigenvalue weighted by Gasteiger charge is 2.44. The van der Waals surface area contributed by atoms with Gasteiger partial charge in [-0.2, -0.15) is 0 Å². The van der Waals surface area contributed by atoms with E-state index in [-0.39, 0.29) is 17.9 Å². The number of rotatable bonds is 2. The number of amides is 1. The van der Waals surface area contributed by atoms with Crippen LogP contribution in [-0.2, 0) is 23.2 Å². The molecule has 1 aliphatic carbocycles. The Morgan fingerprint density at radius 3 is 3.13 bits per heavy atom. The zero-order valence-electron chi connectivity index (χ0n) is 13.1. The predicted molar refractivity (Wildman–Crippen MR) is 80.4 cm³/mol. The molecule has 2 aromatic heterocycles. The van der Waals surface area contributed by atoms with Crippen LogP contribution in [0.15, 0.2) is 12.5 Å². The van der Waals surface area contributed by atoms with Crippen molar-refractivity contribution in [2.75, 3.05) is 13.1 Å². The smallest absolute Gasteiger partial charge is 0.244 e. The maximum absolute atomic E-state index is 12.6. The van der Waals surface area contributed by atoms with Crippen LogP contribution >= 0.6 is 0 Å². The van der Waals surface area contributed by atoms with Gasteiger partial charge in [0.25, 0.3) is 0 Å². The van der Waals surface area contributed by atoms with E-state index in [1.165, 1.54) is 16.6 Å². The number of fused-ring (bicyclic) bond motifs is 2. The third kappa shape index (κ3) is 2.47. The van der Waals surface area contributed by atoms with Gasteiger partial charge >= 0.3 is 0 Å². The van der Waals surface area contributed by atoms with Crippen molar-refractivity contribution in [3.05, 3.63) is 29.6 Å². The molecule has 1 saturated heterocycles. The van der Waals surface area contributed by atoms with Crippen LogP contribution in [0.3, 0.4) is 0 Å². The van der Waals surface area contributed by atoms with Gasteiger partial charge in [-0.1, -0.05) is 0 Å². The molecule has 0 N–H and O–H groups in total. The lowest BCUT2D eigenvalue weighted by Crippen LogP contribution is -2.49. The fourth-order valence-corrected chi connectivity index (χ4v) is 3.86. The highest BCUT2D eigenvalue weighted by Crippen LogP contribution is 2.43. The quantitative estimate of drug-likeness (QED) is 0.791. The fourth-order valence-electron chi connectivity index (χ4n) is 3.86. The molecule has 0 bridgehead atoms. The molecule has 120 valence electrons. The second kappa shape index (κ2) is 5.36. The lowest BCUT2D eigenvalue weighted by Gasteiger charge is -2.40. The first-order valence-corrected chi connectivity index (χ1v) is 7.98. The minimum Gasteiger partial charge on any atom is -0.340 e. The van der Waals surface area contributed by atoms with Crippen molar-refractivity contribution in [3.8, 4) is 0 Å². The summed E-state index contributed by atoms with van der Waals surface area (Å²) in [5.74, 6) is 0.873. The Hall–Kier alpha value is -2.38. The molecule has 4 rings (SSSR count). The molecule has 0 radical (unpaired) electrons. The summed E-state index contributed by atoms with van der Waals surface area (Å²) < 4.78 is 1.47. The number of aryl methyl sites for hydroxylation is 2. The van der Waals surface area contributed by atoms with Crippen molar-refractivity contribution < 1.29 is 4.79 Å². The van der Waals surface area contributed by atoms with E-state index < -0.39 is 0 Å². The summed E-state index contributed by atoms with van der Waals surface area (Å²) in [5.41, 5.74) is 2.40. The van der Waals surface area contributed by atoms with Gasteiger partial charge in [0.1, 0.15) is 18.7 Å². The number of likely N-dealkylation sites (tertiary alicyclic amines) is 1. The lowest BCUT2D eigenvalue weighted by molar-refractivity contribution is -0.134. The van der Waals surface area contributed by atoms with E-state index in [9.17, 15) is 4.79 Å². The summed E-state index contributed by atoms with van der Waals surface area (Å²) in [4.78, 5) is 23.5. The number of piperidine rings is 1. The van der Waals surface area contributed by atoms with Crippen molar-refractivity contribution in [2.24, 2.45) is 0 Å². The second-order valence-electron chi connectivity index (χ2n) is 6.50. The highest BCUT2D eigenvalue weighted by molar-refractivity contribution is 5.76. The lowest BCUT2D eigenvalue weighted by atomic mass is 9.77. The second-order valence-corrected chi connectivity index (χ2v) is 6.50. The van der Waals surface area contributed by atoms with Gasteiger partial charge in [0.05, 0.1) is 5.69 Å². The van der Waals surface area contributed by atoms with Gasteiger partial charge in [0, 0.05) is 24.7 Å². The molecule has 1 aliphatic heterocycles. The molecule has 23 heavy (non-hydrogen) atoms. The summed E-state index contributed by atoms with van der Waals surface area (Å²) in [6.07, 6.45) is 7.57. The van der Waals surface area contributed by atoms with E-state index in [2.05, 4.69) is 20.5 Å². The number of nitrogens with zero attached hydrogens (tertiary/aromatic N) is 7. The Kier molecular flexibility index (Phi) is 3.32. The van der Waals surface area contributed by atoms with E-state index in [1.807, 2.05) is 18.0 Å². The zero-order chi connectivity index (χ0) is 15.9. The Morgan fingerprint density at radius 1 is 1.39 bits per heavy atom. The van der Waals surface area contributed by atoms with Gasteiger partial charge < -0.3 is 4.90 Å². The van der Waals surface area contributed by atoms with Crippen LogP contribution in [0.2, 0.25) is 0 Å². The van der Waals surface area contributed by atoms with E-state index in [0.29, 0.717) is 0 Å². The van der Waals surface area contributed by atoms with E-state index in [4.69, 9.17) is 4.98 Å². The topological polar surface area (TPSA) is 89.7 Å². The molecule has 1 atom stereocenters. The van der Waals surface area contributed by atoms with Crippen LogP contribution in [0.25, 0.3) is 0 Å². The number of hydrogen-bond acceptors (Lipinski definition) is 6. The van der Waals surface area contributed by atoms with Crippen molar-refractivity contribution in [3.63, 3.8) is 0 Å². The predicted octanol–water partition coefficient (Wildman–Crippen LogP) is 0.278. The first-order chi connectivity index (χ1) is 11.2. The zero-order valence-corrected chi connectivity index (χ0v) is 13.1. The molecule has 1 fully saturated rings. The maximum atomic E-state index is 12.6. The molecule has 8 heteroatoms. The van der Waals surface area contributed by atoms with Crippen LogP contribution in [0, 0.1) is 6.92 Å². The minimum atomic E-state index is -0.00242. The Labute approximate surface area is 133 Å². The maximum Gasteiger partial charge on any atom is 0.244 e. The minimum absolute atomic E-state index is 0.00242. The van der Waals surface area contributed by atoms with Gasteiger partial charge in [-0.05, 0) is 48.6 Å². The normalized spacial score (nSPS) is 23.3. The van der Waals surface area contributed by atoms with Crippen molar-refractivity contribution >= 4 is 5.91 Å². The molecule has 0 aromatic carbocycles. The van der Waals surface area contributed by atoms with Crippen molar-refractivity contribution in [2.45, 2.75) is 44.6 Å². The molecule has 8 nitrogen and oxygen atoms in total. The van der Waals surface area contributed by atoms with Crippen molar-refractivity contribution in [1.29, 1.82) is 0 Å². The van der Waals surface area contributed by atoms with E-state index in [1.54, 1.807) is 0 Å². The first kappa shape index (κ1) is 14.2. The van der Waals surface area contributed by atoms with Crippen LogP contribution in [0.1, 0.15) is 36.3 Å². The Balaban J connectivity index is 1.56. The molecule has 2 aromatic rings. The fraction of sp³-hybridized carbons (Fsp3) is 0.600. The Morgan fingerprint density at radius 2 is 2.30 bits per heavy atom. The molecular weight excluding hydrogens is 294 g/mol. The van der Waals surface area contributed by atoms with E-state index >= 15 is 0 Å².